The third-order valence-corrected chi connectivity index (χ3v) is 3.60. The second-order valence-corrected chi connectivity index (χ2v) is 5.26. The van der Waals surface area contributed by atoms with Crippen LogP contribution in [-0.2, 0) is 11.3 Å². The summed E-state index contributed by atoms with van der Waals surface area (Å²) >= 11 is 0. The molecule has 2 rings (SSSR count). The number of aromatic nitrogens is 2. The van der Waals surface area contributed by atoms with Crippen molar-refractivity contribution in [2.75, 3.05) is 6.61 Å². The van der Waals surface area contributed by atoms with E-state index in [2.05, 4.69) is 5.10 Å². The predicted octanol–water partition coefficient (Wildman–Crippen LogP) is 1.78. The fraction of sp³-hybridized carbons (Fsp3) is 0.294. The molecule has 2 aromatic rings. The van der Waals surface area contributed by atoms with Gasteiger partial charge in [0.2, 0.25) is 0 Å². The molecule has 1 aromatic carbocycles. The molecule has 0 fully saturated rings. The number of primary amides is 1. The molecule has 1 heterocycles. The van der Waals surface area contributed by atoms with Gasteiger partial charge in [0.15, 0.2) is 0 Å². The van der Waals surface area contributed by atoms with Crippen molar-refractivity contribution in [2.45, 2.75) is 26.5 Å². The van der Waals surface area contributed by atoms with Crippen LogP contribution in [0.2, 0.25) is 0 Å². The molecule has 0 aliphatic carbocycles. The molecule has 6 nitrogen and oxygen atoms in total. The first-order valence-corrected chi connectivity index (χ1v) is 7.45. The molecule has 0 saturated carbocycles. The number of ether oxygens (including phenoxy) is 1. The second kappa shape index (κ2) is 7.71. The summed E-state index contributed by atoms with van der Waals surface area (Å²) in [5, 5.41) is 4.26. The van der Waals surface area contributed by atoms with E-state index in [0.29, 0.717) is 17.9 Å². The van der Waals surface area contributed by atoms with Gasteiger partial charge in [-0.15, -0.1) is 0 Å². The zero-order valence-electron chi connectivity index (χ0n) is 13.4. The van der Waals surface area contributed by atoms with Crippen LogP contribution in [0.15, 0.2) is 48.2 Å². The van der Waals surface area contributed by atoms with Crippen molar-refractivity contribution >= 4 is 5.91 Å². The Morgan fingerprint density at radius 1 is 1.39 bits per heavy atom. The number of nitrogens with zero attached hydrogens (tertiary/aromatic N) is 2. The fourth-order valence-electron chi connectivity index (χ4n) is 2.25. The Balaban J connectivity index is 2.22. The van der Waals surface area contributed by atoms with Crippen LogP contribution in [0.4, 0.5) is 0 Å². The molecule has 0 spiro atoms. The molecule has 1 atom stereocenters. The van der Waals surface area contributed by atoms with Crippen molar-refractivity contribution in [3.05, 3.63) is 59.4 Å². The SMILES string of the molecule is C/C=C(/COCc1c(C(N)=O)cnn1-c1ccccc1)[C@@H](C)N. The zero-order chi connectivity index (χ0) is 16.8. The molecule has 0 saturated heterocycles. The molecule has 0 aliphatic heterocycles. The van der Waals surface area contributed by atoms with E-state index in [1.54, 1.807) is 4.68 Å². The summed E-state index contributed by atoms with van der Waals surface area (Å²) in [5.74, 6) is -0.524. The molecular weight excluding hydrogens is 292 g/mol. The van der Waals surface area contributed by atoms with Crippen molar-refractivity contribution in [3.8, 4) is 5.69 Å². The second-order valence-electron chi connectivity index (χ2n) is 5.26. The molecule has 0 radical (unpaired) electrons. The quantitative estimate of drug-likeness (QED) is 0.761. The lowest BCUT2D eigenvalue weighted by molar-refractivity contribution is 0.0989. The van der Waals surface area contributed by atoms with Gasteiger partial charge in [0.1, 0.15) is 0 Å². The molecule has 4 N–H and O–H groups in total. The van der Waals surface area contributed by atoms with Crippen LogP contribution >= 0.6 is 0 Å². The van der Waals surface area contributed by atoms with Gasteiger partial charge >= 0.3 is 0 Å². The van der Waals surface area contributed by atoms with E-state index in [1.807, 2.05) is 50.3 Å². The Hall–Kier alpha value is -2.44. The van der Waals surface area contributed by atoms with Gasteiger partial charge in [-0.1, -0.05) is 24.3 Å². The third kappa shape index (κ3) is 4.06. The number of carbonyl (C=O) groups excluding carboxylic acids is 1. The van der Waals surface area contributed by atoms with E-state index in [-0.39, 0.29) is 12.6 Å². The highest BCUT2D eigenvalue weighted by atomic mass is 16.5. The fourth-order valence-corrected chi connectivity index (χ4v) is 2.25. The van der Waals surface area contributed by atoms with Crippen molar-refractivity contribution in [2.24, 2.45) is 11.5 Å². The van der Waals surface area contributed by atoms with E-state index in [4.69, 9.17) is 16.2 Å². The lowest BCUT2D eigenvalue weighted by Gasteiger charge is -2.13. The van der Waals surface area contributed by atoms with E-state index < -0.39 is 5.91 Å². The van der Waals surface area contributed by atoms with Crippen molar-refractivity contribution in [1.82, 2.24) is 9.78 Å². The van der Waals surface area contributed by atoms with Crippen LogP contribution in [0.5, 0.6) is 0 Å². The highest BCUT2D eigenvalue weighted by Gasteiger charge is 2.16. The zero-order valence-corrected chi connectivity index (χ0v) is 13.4. The monoisotopic (exact) mass is 314 g/mol. The van der Waals surface area contributed by atoms with Crippen LogP contribution < -0.4 is 11.5 Å². The number of allylic oxidation sites excluding steroid dienone is 1. The average Bonchev–Trinajstić information content (AvgIpc) is 2.96. The highest BCUT2D eigenvalue weighted by Crippen LogP contribution is 2.16. The first kappa shape index (κ1) is 16.9. The lowest BCUT2D eigenvalue weighted by atomic mass is 10.1. The van der Waals surface area contributed by atoms with E-state index >= 15 is 0 Å². The predicted molar refractivity (Wildman–Crippen MR) is 89.1 cm³/mol. The molecule has 0 bridgehead atoms. The first-order chi connectivity index (χ1) is 11.0. The Bertz CT molecular complexity index is 690. The molecular formula is C17H22N4O2. The summed E-state index contributed by atoms with van der Waals surface area (Å²) in [6.07, 6.45) is 3.41. The highest BCUT2D eigenvalue weighted by molar-refractivity contribution is 5.93. The van der Waals surface area contributed by atoms with Gasteiger partial charge < -0.3 is 16.2 Å². The molecule has 1 amide bonds. The number of para-hydroxylation sites is 1. The van der Waals surface area contributed by atoms with Gasteiger partial charge in [0.05, 0.1) is 36.4 Å². The van der Waals surface area contributed by atoms with Gasteiger partial charge in [-0.3, -0.25) is 4.79 Å². The molecule has 122 valence electrons. The summed E-state index contributed by atoms with van der Waals surface area (Å²) in [5.41, 5.74) is 14.1. The summed E-state index contributed by atoms with van der Waals surface area (Å²) in [6.45, 7) is 4.44. The Morgan fingerprint density at radius 2 is 2.09 bits per heavy atom. The number of rotatable bonds is 7. The minimum Gasteiger partial charge on any atom is -0.371 e. The Morgan fingerprint density at radius 3 is 2.65 bits per heavy atom. The number of benzene rings is 1. The van der Waals surface area contributed by atoms with E-state index in [0.717, 1.165) is 11.3 Å². The van der Waals surface area contributed by atoms with Gasteiger partial charge in [-0.25, -0.2) is 4.68 Å². The number of hydrogen-bond acceptors (Lipinski definition) is 4. The number of carbonyl (C=O) groups is 1. The summed E-state index contributed by atoms with van der Waals surface area (Å²) < 4.78 is 7.40. The minimum atomic E-state index is -0.524. The van der Waals surface area contributed by atoms with Crippen molar-refractivity contribution in [1.29, 1.82) is 0 Å². The summed E-state index contributed by atoms with van der Waals surface area (Å²) in [7, 11) is 0. The van der Waals surface area contributed by atoms with Gasteiger partial charge in [0, 0.05) is 6.04 Å². The van der Waals surface area contributed by atoms with Crippen molar-refractivity contribution in [3.63, 3.8) is 0 Å². The van der Waals surface area contributed by atoms with Crippen LogP contribution in [-0.4, -0.2) is 28.3 Å². The van der Waals surface area contributed by atoms with Gasteiger partial charge in [0.25, 0.3) is 5.91 Å². The minimum absolute atomic E-state index is 0.0744. The smallest absolute Gasteiger partial charge is 0.252 e. The van der Waals surface area contributed by atoms with Gasteiger partial charge in [-0.2, -0.15) is 5.10 Å². The number of nitrogens with two attached hydrogens (primary N) is 2. The maximum atomic E-state index is 11.6. The third-order valence-electron chi connectivity index (χ3n) is 3.60. The maximum absolute atomic E-state index is 11.6. The molecule has 0 unspecified atom stereocenters. The lowest BCUT2D eigenvalue weighted by Crippen LogP contribution is -2.22. The molecule has 23 heavy (non-hydrogen) atoms. The first-order valence-electron chi connectivity index (χ1n) is 7.45. The largest absolute Gasteiger partial charge is 0.371 e. The Kier molecular flexibility index (Phi) is 5.67. The number of hydrogen-bond donors (Lipinski definition) is 2. The number of amides is 1. The average molecular weight is 314 g/mol. The normalized spacial score (nSPS) is 13.1. The topological polar surface area (TPSA) is 96.2 Å². The van der Waals surface area contributed by atoms with Crippen LogP contribution in [0.25, 0.3) is 5.69 Å². The van der Waals surface area contributed by atoms with E-state index in [1.165, 1.54) is 6.20 Å². The summed E-state index contributed by atoms with van der Waals surface area (Å²) in [6, 6.07) is 9.45. The standard InChI is InChI=1S/C17H22N4O2/c1-3-13(12(2)18)10-23-11-16-15(17(19)22)9-20-21(16)14-7-5-4-6-8-14/h3-9,12H,10-11,18H2,1-2H3,(H2,19,22)/b13-3-/t12-/m1/s1. The van der Waals surface area contributed by atoms with Crippen LogP contribution in [0.1, 0.15) is 29.9 Å². The molecule has 0 aliphatic rings. The summed E-state index contributed by atoms with van der Waals surface area (Å²) in [4.78, 5) is 11.6. The van der Waals surface area contributed by atoms with E-state index in [9.17, 15) is 4.79 Å². The van der Waals surface area contributed by atoms with Crippen molar-refractivity contribution < 1.29 is 9.53 Å². The maximum Gasteiger partial charge on any atom is 0.252 e. The van der Waals surface area contributed by atoms with Crippen LogP contribution in [0.3, 0.4) is 0 Å². The van der Waals surface area contributed by atoms with Gasteiger partial charge in [-0.05, 0) is 31.6 Å². The molecule has 1 aromatic heterocycles. The molecule has 6 heteroatoms. The Labute approximate surface area is 135 Å². The van der Waals surface area contributed by atoms with Crippen LogP contribution in [0, 0.1) is 0 Å².